The Kier molecular flexibility index (Phi) is 7.98. The van der Waals surface area contributed by atoms with Crippen molar-refractivity contribution in [3.8, 4) is 0 Å². The molecule has 3 nitrogen and oxygen atoms in total. The van der Waals surface area contributed by atoms with Gasteiger partial charge in [0.15, 0.2) is 0 Å². The predicted molar refractivity (Wildman–Crippen MR) is 70.7 cm³/mol. The van der Waals surface area contributed by atoms with Crippen LogP contribution in [0.5, 0.6) is 0 Å². The monoisotopic (exact) mass is 230 g/mol. The maximum atomic E-state index is 5.95. The zero-order valence-corrected chi connectivity index (χ0v) is 11.8. The number of hydrogen-bond donors (Lipinski definition) is 1. The molecule has 3 heteroatoms. The summed E-state index contributed by atoms with van der Waals surface area (Å²) in [4.78, 5) is 2.45. The molecule has 98 valence electrons. The Bertz CT molecular complexity index is 173. The van der Waals surface area contributed by atoms with Gasteiger partial charge >= 0.3 is 0 Å². The molecule has 0 aromatic rings. The Hall–Kier alpha value is -0.120. The molecule has 0 aliphatic rings. The van der Waals surface area contributed by atoms with Crippen molar-refractivity contribution in [1.29, 1.82) is 0 Å². The van der Waals surface area contributed by atoms with E-state index < -0.39 is 0 Å². The molecular formula is C13H30N2O. The summed E-state index contributed by atoms with van der Waals surface area (Å²) >= 11 is 0. The van der Waals surface area contributed by atoms with Crippen LogP contribution in [0, 0.1) is 5.92 Å². The summed E-state index contributed by atoms with van der Waals surface area (Å²) in [6.07, 6.45) is 1.14. The fraction of sp³-hybridized carbons (Fsp3) is 1.00. The second-order valence-electron chi connectivity index (χ2n) is 5.08. The van der Waals surface area contributed by atoms with Crippen molar-refractivity contribution >= 4 is 0 Å². The van der Waals surface area contributed by atoms with E-state index in [9.17, 15) is 0 Å². The SMILES string of the molecule is CCOCCN(CC)C(C)(CN)CC(C)C. The van der Waals surface area contributed by atoms with Gasteiger partial charge in [-0.2, -0.15) is 0 Å². The van der Waals surface area contributed by atoms with Crippen molar-refractivity contribution in [2.75, 3.05) is 32.8 Å². The van der Waals surface area contributed by atoms with E-state index in [1.165, 1.54) is 0 Å². The highest BCUT2D eigenvalue weighted by Crippen LogP contribution is 2.22. The molecule has 0 rings (SSSR count). The average molecular weight is 230 g/mol. The topological polar surface area (TPSA) is 38.5 Å². The number of hydrogen-bond acceptors (Lipinski definition) is 3. The molecule has 1 atom stereocenters. The summed E-state index contributed by atoms with van der Waals surface area (Å²) in [7, 11) is 0. The van der Waals surface area contributed by atoms with E-state index in [0.29, 0.717) is 12.5 Å². The van der Waals surface area contributed by atoms with Gasteiger partial charge in [0.2, 0.25) is 0 Å². The van der Waals surface area contributed by atoms with Crippen LogP contribution in [0.15, 0.2) is 0 Å². The lowest BCUT2D eigenvalue weighted by molar-refractivity contribution is 0.0499. The molecule has 0 saturated heterocycles. The van der Waals surface area contributed by atoms with Gasteiger partial charge in [0.1, 0.15) is 0 Å². The number of ether oxygens (including phenoxy) is 1. The van der Waals surface area contributed by atoms with Crippen molar-refractivity contribution in [3.63, 3.8) is 0 Å². The largest absolute Gasteiger partial charge is 0.380 e. The Balaban J connectivity index is 4.35. The molecule has 0 aromatic carbocycles. The first-order valence-corrected chi connectivity index (χ1v) is 6.53. The molecule has 16 heavy (non-hydrogen) atoms. The maximum absolute atomic E-state index is 5.95. The summed E-state index contributed by atoms with van der Waals surface area (Å²) < 4.78 is 5.43. The highest BCUT2D eigenvalue weighted by molar-refractivity contribution is 4.87. The first-order chi connectivity index (χ1) is 7.50. The van der Waals surface area contributed by atoms with Crippen LogP contribution < -0.4 is 5.73 Å². The molecular weight excluding hydrogens is 200 g/mol. The summed E-state index contributed by atoms with van der Waals surface area (Å²) in [6.45, 7) is 15.3. The minimum absolute atomic E-state index is 0.111. The molecule has 0 amide bonds. The number of rotatable bonds is 9. The Morgan fingerprint density at radius 2 is 1.94 bits per heavy atom. The van der Waals surface area contributed by atoms with Gasteiger partial charge < -0.3 is 10.5 Å². The van der Waals surface area contributed by atoms with E-state index >= 15 is 0 Å². The van der Waals surface area contributed by atoms with Gasteiger partial charge in [0.25, 0.3) is 0 Å². The van der Waals surface area contributed by atoms with Crippen molar-refractivity contribution in [1.82, 2.24) is 4.90 Å². The quantitative estimate of drug-likeness (QED) is 0.617. The third-order valence-electron chi connectivity index (χ3n) is 3.14. The summed E-state index contributed by atoms with van der Waals surface area (Å²) in [5.41, 5.74) is 6.06. The van der Waals surface area contributed by atoms with Crippen LogP contribution in [0.3, 0.4) is 0 Å². The zero-order valence-electron chi connectivity index (χ0n) is 11.8. The van der Waals surface area contributed by atoms with Crippen LogP contribution in [-0.2, 0) is 4.74 Å². The van der Waals surface area contributed by atoms with Crippen LogP contribution in [0.2, 0.25) is 0 Å². The third-order valence-corrected chi connectivity index (χ3v) is 3.14. The Morgan fingerprint density at radius 1 is 1.31 bits per heavy atom. The Labute approximate surface area is 101 Å². The molecule has 0 spiro atoms. The highest BCUT2D eigenvalue weighted by atomic mass is 16.5. The van der Waals surface area contributed by atoms with Gasteiger partial charge in [-0.1, -0.05) is 20.8 Å². The van der Waals surface area contributed by atoms with Gasteiger partial charge in [0.05, 0.1) is 6.61 Å². The van der Waals surface area contributed by atoms with Crippen LogP contribution >= 0.6 is 0 Å². The van der Waals surface area contributed by atoms with Crippen LogP contribution in [0.4, 0.5) is 0 Å². The fourth-order valence-corrected chi connectivity index (χ4v) is 2.35. The maximum Gasteiger partial charge on any atom is 0.0593 e. The van der Waals surface area contributed by atoms with E-state index in [-0.39, 0.29) is 5.54 Å². The van der Waals surface area contributed by atoms with Crippen molar-refractivity contribution in [3.05, 3.63) is 0 Å². The Morgan fingerprint density at radius 3 is 2.31 bits per heavy atom. The zero-order chi connectivity index (χ0) is 12.6. The van der Waals surface area contributed by atoms with Crippen LogP contribution in [0.1, 0.15) is 41.0 Å². The molecule has 0 aliphatic heterocycles. The number of nitrogens with zero attached hydrogens (tertiary/aromatic N) is 1. The smallest absolute Gasteiger partial charge is 0.0593 e. The van der Waals surface area contributed by atoms with Crippen molar-refractivity contribution in [2.45, 2.75) is 46.6 Å². The van der Waals surface area contributed by atoms with Gasteiger partial charge in [-0.05, 0) is 32.7 Å². The minimum Gasteiger partial charge on any atom is -0.380 e. The van der Waals surface area contributed by atoms with E-state index in [1.807, 2.05) is 6.92 Å². The standard InChI is InChI=1S/C13H30N2O/c1-6-15(8-9-16-7-2)13(5,11-14)10-12(3)4/h12H,6-11,14H2,1-5H3. The normalized spacial score (nSPS) is 15.8. The number of nitrogens with two attached hydrogens (primary N) is 1. The summed E-state index contributed by atoms with van der Waals surface area (Å²) in [5.74, 6) is 0.676. The second kappa shape index (κ2) is 8.04. The molecule has 2 N–H and O–H groups in total. The first kappa shape index (κ1) is 15.9. The summed E-state index contributed by atoms with van der Waals surface area (Å²) in [5, 5.41) is 0. The predicted octanol–water partition coefficient (Wildman–Crippen LogP) is 2.11. The van der Waals surface area contributed by atoms with E-state index in [4.69, 9.17) is 10.5 Å². The van der Waals surface area contributed by atoms with Crippen molar-refractivity contribution < 1.29 is 4.74 Å². The molecule has 0 bridgehead atoms. The minimum atomic E-state index is 0.111. The molecule has 0 heterocycles. The molecule has 0 fully saturated rings. The van der Waals surface area contributed by atoms with Gasteiger partial charge in [0, 0.05) is 25.2 Å². The lowest BCUT2D eigenvalue weighted by atomic mass is 9.89. The van der Waals surface area contributed by atoms with Gasteiger partial charge in [-0.25, -0.2) is 0 Å². The summed E-state index contributed by atoms with van der Waals surface area (Å²) in [6, 6.07) is 0. The van der Waals surface area contributed by atoms with Crippen molar-refractivity contribution in [2.24, 2.45) is 11.7 Å². The van der Waals surface area contributed by atoms with E-state index in [0.717, 1.165) is 32.7 Å². The lowest BCUT2D eigenvalue weighted by Gasteiger charge is -2.41. The first-order valence-electron chi connectivity index (χ1n) is 6.53. The van der Waals surface area contributed by atoms with Gasteiger partial charge in [-0.15, -0.1) is 0 Å². The molecule has 0 saturated carbocycles. The van der Waals surface area contributed by atoms with E-state index in [1.54, 1.807) is 0 Å². The molecule has 0 radical (unpaired) electrons. The molecule has 1 unspecified atom stereocenters. The molecule has 0 aromatic heterocycles. The number of likely N-dealkylation sites (N-methyl/N-ethyl adjacent to an activating group) is 1. The molecule has 0 aliphatic carbocycles. The van der Waals surface area contributed by atoms with Gasteiger partial charge in [-0.3, -0.25) is 4.90 Å². The van der Waals surface area contributed by atoms with Crippen LogP contribution in [0.25, 0.3) is 0 Å². The average Bonchev–Trinajstić information content (AvgIpc) is 2.23. The lowest BCUT2D eigenvalue weighted by Crippen LogP contribution is -2.53. The van der Waals surface area contributed by atoms with Crippen LogP contribution in [-0.4, -0.2) is 43.3 Å². The highest BCUT2D eigenvalue weighted by Gasteiger charge is 2.29. The van der Waals surface area contributed by atoms with E-state index in [2.05, 4.69) is 32.6 Å². The second-order valence-corrected chi connectivity index (χ2v) is 5.08. The fourth-order valence-electron chi connectivity index (χ4n) is 2.35. The third kappa shape index (κ3) is 5.28.